The SMILES string of the molecule is C[C@@H](CO)CO[Si](C)(C)C(C)(C)C. The lowest BCUT2D eigenvalue weighted by Gasteiger charge is -2.36. The Bertz CT molecular complexity index is 149. The highest BCUT2D eigenvalue weighted by molar-refractivity contribution is 6.74. The van der Waals surface area contributed by atoms with E-state index in [0.717, 1.165) is 0 Å². The average Bonchev–Trinajstić information content (AvgIpc) is 1.98. The first-order valence-corrected chi connectivity index (χ1v) is 7.86. The van der Waals surface area contributed by atoms with Crippen molar-refractivity contribution in [3.63, 3.8) is 0 Å². The molecule has 1 N–H and O–H groups in total. The van der Waals surface area contributed by atoms with Gasteiger partial charge in [0.1, 0.15) is 0 Å². The third kappa shape index (κ3) is 4.25. The minimum absolute atomic E-state index is 0.217. The van der Waals surface area contributed by atoms with Crippen LogP contribution in [0.1, 0.15) is 27.7 Å². The maximum atomic E-state index is 8.87. The van der Waals surface area contributed by atoms with Crippen LogP contribution in [-0.4, -0.2) is 26.6 Å². The van der Waals surface area contributed by atoms with Crippen LogP contribution < -0.4 is 0 Å². The van der Waals surface area contributed by atoms with Gasteiger partial charge in [0, 0.05) is 19.1 Å². The molecular weight excluding hydrogens is 180 g/mol. The van der Waals surface area contributed by atoms with E-state index in [4.69, 9.17) is 9.53 Å². The molecule has 0 rings (SSSR count). The third-order valence-electron chi connectivity index (χ3n) is 2.85. The molecule has 0 saturated carbocycles. The molecule has 0 unspecified atom stereocenters. The Morgan fingerprint density at radius 3 is 2.08 bits per heavy atom. The zero-order chi connectivity index (χ0) is 10.7. The second kappa shape index (κ2) is 4.58. The van der Waals surface area contributed by atoms with E-state index >= 15 is 0 Å². The second-order valence-electron chi connectivity index (χ2n) is 5.36. The van der Waals surface area contributed by atoms with Crippen molar-refractivity contribution >= 4 is 8.32 Å². The molecule has 2 nitrogen and oxygen atoms in total. The van der Waals surface area contributed by atoms with Gasteiger partial charge in [-0.3, -0.25) is 0 Å². The van der Waals surface area contributed by atoms with Gasteiger partial charge in [-0.2, -0.15) is 0 Å². The summed E-state index contributed by atoms with van der Waals surface area (Å²) in [6.45, 7) is 14.1. The molecule has 0 spiro atoms. The van der Waals surface area contributed by atoms with Crippen molar-refractivity contribution in [1.29, 1.82) is 0 Å². The minimum Gasteiger partial charge on any atom is -0.416 e. The summed E-state index contributed by atoms with van der Waals surface area (Å²) in [5.41, 5.74) is 0. The fourth-order valence-electron chi connectivity index (χ4n) is 0.620. The van der Waals surface area contributed by atoms with E-state index in [9.17, 15) is 0 Å². The van der Waals surface area contributed by atoms with Crippen molar-refractivity contribution in [2.24, 2.45) is 5.92 Å². The Balaban J connectivity index is 4.04. The monoisotopic (exact) mass is 204 g/mol. The molecular formula is C10H24O2Si. The highest BCUT2D eigenvalue weighted by Crippen LogP contribution is 2.36. The summed E-state index contributed by atoms with van der Waals surface area (Å²) in [4.78, 5) is 0. The van der Waals surface area contributed by atoms with Crippen molar-refractivity contribution in [1.82, 2.24) is 0 Å². The van der Waals surface area contributed by atoms with E-state index in [-0.39, 0.29) is 17.6 Å². The molecule has 0 aromatic rings. The predicted octanol–water partition coefficient (Wildman–Crippen LogP) is 2.64. The van der Waals surface area contributed by atoms with E-state index < -0.39 is 8.32 Å². The van der Waals surface area contributed by atoms with Gasteiger partial charge >= 0.3 is 0 Å². The third-order valence-corrected chi connectivity index (χ3v) is 7.35. The fraction of sp³-hybridized carbons (Fsp3) is 1.00. The zero-order valence-corrected chi connectivity index (χ0v) is 10.8. The van der Waals surface area contributed by atoms with E-state index in [0.29, 0.717) is 6.61 Å². The summed E-state index contributed by atoms with van der Waals surface area (Å²) < 4.78 is 5.93. The van der Waals surface area contributed by atoms with Crippen LogP contribution >= 0.6 is 0 Å². The quantitative estimate of drug-likeness (QED) is 0.713. The highest BCUT2D eigenvalue weighted by Gasteiger charge is 2.37. The first-order valence-electron chi connectivity index (χ1n) is 4.95. The molecule has 0 aromatic carbocycles. The smallest absolute Gasteiger partial charge is 0.191 e. The van der Waals surface area contributed by atoms with Crippen LogP contribution in [0.25, 0.3) is 0 Å². The zero-order valence-electron chi connectivity index (χ0n) is 9.85. The topological polar surface area (TPSA) is 29.5 Å². The number of aliphatic hydroxyl groups is 1. The van der Waals surface area contributed by atoms with Crippen molar-refractivity contribution in [3.8, 4) is 0 Å². The van der Waals surface area contributed by atoms with Crippen molar-refractivity contribution in [2.75, 3.05) is 13.2 Å². The molecule has 1 atom stereocenters. The molecule has 0 bridgehead atoms. The molecule has 0 aliphatic rings. The summed E-state index contributed by atoms with van der Waals surface area (Å²) in [5, 5.41) is 9.14. The highest BCUT2D eigenvalue weighted by atomic mass is 28.4. The lowest BCUT2D eigenvalue weighted by Crippen LogP contribution is -2.42. The Labute approximate surface area is 83.4 Å². The van der Waals surface area contributed by atoms with Crippen LogP contribution in [0.5, 0.6) is 0 Å². The van der Waals surface area contributed by atoms with Gasteiger partial charge in [-0.05, 0) is 18.1 Å². The van der Waals surface area contributed by atoms with E-state index in [1.807, 2.05) is 6.92 Å². The van der Waals surface area contributed by atoms with Gasteiger partial charge < -0.3 is 9.53 Å². The van der Waals surface area contributed by atoms with Gasteiger partial charge in [-0.15, -0.1) is 0 Å². The maximum Gasteiger partial charge on any atom is 0.191 e. The Kier molecular flexibility index (Phi) is 4.62. The van der Waals surface area contributed by atoms with Crippen LogP contribution in [0.2, 0.25) is 18.1 Å². The van der Waals surface area contributed by atoms with Gasteiger partial charge in [0.15, 0.2) is 8.32 Å². The van der Waals surface area contributed by atoms with Gasteiger partial charge in [0.05, 0.1) is 0 Å². The first kappa shape index (κ1) is 13.1. The lowest BCUT2D eigenvalue weighted by atomic mass is 10.2. The van der Waals surface area contributed by atoms with E-state index in [1.165, 1.54) is 0 Å². The maximum absolute atomic E-state index is 8.87. The molecule has 0 fully saturated rings. The summed E-state index contributed by atoms with van der Waals surface area (Å²) in [6, 6.07) is 0. The standard InChI is InChI=1S/C10H24O2Si/c1-9(7-11)8-12-13(5,6)10(2,3)4/h9,11H,7-8H2,1-6H3/t9-/m0/s1. The molecule has 0 aromatic heterocycles. The van der Waals surface area contributed by atoms with Crippen molar-refractivity contribution < 1.29 is 9.53 Å². The molecule has 0 aliphatic heterocycles. The first-order chi connectivity index (χ1) is 5.70. The van der Waals surface area contributed by atoms with Crippen LogP contribution in [0.4, 0.5) is 0 Å². The second-order valence-corrected chi connectivity index (χ2v) is 10.2. The van der Waals surface area contributed by atoms with Crippen LogP contribution in [0.3, 0.4) is 0 Å². The number of aliphatic hydroxyl groups excluding tert-OH is 1. The van der Waals surface area contributed by atoms with E-state index in [1.54, 1.807) is 0 Å². The summed E-state index contributed by atoms with van der Waals surface area (Å²) >= 11 is 0. The van der Waals surface area contributed by atoms with Crippen molar-refractivity contribution in [2.45, 2.75) is 45.8 Å². The predicted molar refractivity (Wildman–Crippen MR) is 59.4 cm³/mol. The average molecular weight is 204 g/mol. The molecule has 0 heterocycles. The Hall–Kier alpha value is 0.137. The van der Waals surface area contributed by atoms with Crippen LogP contribution in [-0.2, 0) is 4.43 Å². The molecule has 0 amide bonds. The van der Waals surface area contributed by atoms with Gasteiger partial charge in [-0.1, -0.05) is 27.7 Å². The van der Waals surface area contributed by atoms with Gasteiger partial charge in [0.2, 0.25) is 0 Å². The molecule has 0 saturated heterocycles. The van der Waals surface area contributed by atoms with Crippen LogP contribution in [0, 0.1) is 5.92 Å². The van der Waals surface area contributed by atoms with Crippen LogP contribution in [0.15, 0.2) is 0 Å². The molecule has 3 heteroatoms. The van der Waals surface area contributed by atoms with Gasteiger partial charge in [-0.25, -0.2) is 0 Å². The summed E-state index contributed by atoms with van der Waals surface area (Å²) in [7, 11) is -1.60. The summed E-state index contributed by atoms with van der Waals surface area (Å²) in [6.07, 6.45) is 0. The molecule has 80 valence electrons. The van der Waals surface area contributed by atoms with Crippen molar-refractivity contribution in [3.05, 3.63) is 0 Å². The Morgan fingerprint density at radius 2 is 1.77 bits per heavy atom. The summed E-state index contributed by atoms with van der Waals surface area (Å²) in [5.74, 6) is 0.258. The molecule has 0 aliphatic carbocycles. The van der Waals surface area contributed by atoms with E-state index in [2.05, 4.69) is 33.9 Å². The number of hydrogen-bond donors (Lipinski definition) is 1. The number of hydrogen-bond acceptors (Lipinski definition) is 2. The molecule has 13 heavy (non-hydrogen) atoms. The minimum atomic E-state index is -1.60. The fourth-order valence-corrected chi connectivity index (χ4v) is 1.75. The normalized spacial score (nSPS) is 15.9. The van der Waals surface area contributed by atoms with Gasteiger partial charge in [0.25, 0.3) is 0 Å². The molecule has 0 radical (unpaired) electrons. The lowest BCUT2D eigenvalue weighted by molar-refractivity contribution is 0.165. The largest absolute Gasteiger partial charge is 0.416 e. The number of rotatable bonds is 4. The Morgan fingerprint density at radius 1 is 1.31 bits per heavy atom.